The lowest BCUT2D eigenvalue weighted by Crippen LogP contribution is -2.49. The van der Waals surface area contributed by atoms with Gasteiger partial charge in [-0.1, -0.05) is 81.3 Å². The van der Waals surface area contributed by atoms with Gasteiger partial charge in [0.1, 0.15) is 24.7 Å². The van der Waals surface area contributed by atoms with E-state index in [2.05, 4.69) is 86.9 Å². The van der Waals surface area contributed by atoms with Crippen molar-refractivity contribution in [3.8, 4) is 11.5 Å². The number of ether oxygens (including phenoxy) is 2. The summed E-state index contributed by atoms with van der Waals surface area (Å²) in [6.07, 6.45) is 5.58. The Kier molecular flexibility index (Phi) is 11.5. The highest BCUT2D eigenvalue weighted by molar-refractivity contribution is 6.69. The predicted octanol–water partition coefficient (Wildman–Crippen LogP) is 8.64. The van der Waals surface area contributed by atoms with Crippen LogP contribution in [-0.4, -0.2) is 51.2 Å². The summed E-state index contributed by atoms with van der Waals surface area (Å²) in [6.45, 7) is 16.6. The van der Waals surface area contributed by atoms with Crippen LogP contribution in [0.1, 0.15) is 68.6 Å². The van der Waals surface area contributed by atoms with Gasteiger partial charge >= 0.3 is 0 Å². The highest BCUT2D eigenvalue weighted by atomic mass is 28.4. The van der Waals surface area contributed by atoms with E-state index >= 15 is 0 Å². The molecule has 5 unspecified atom stereocenters. The number of hydrogen-bond donors (Lipinski definition) is 1. The highest BCUT2D eigenvalue weighted by Crippen LogP contribution is 2.55. The first-order valence-electron chi connectivity index (χ1n) is 17.2. The van der Waals surface area contributed by atoms with E-state index in [9.17, 15) is 5.11 Å². The Bertz CT molecular complexity index is 1300. The first-order chi connectivity index (χ1) is 21.7. The molecule has 6 heteroatoms. The zero-order chi connectivity index (χ0) is 31.9. The first-order valence-corrected chi connectivity index (χ1v) is 20.7. The highest BCUT2D eigenvalue weighted by Gasteiger charge is 2.52. The second-order valence-electron chi connectivity index (χ2n) is 14.3. The van der Waals surface area contributed by atoms with Crippen molar-refractivity contribution in [1.29, 1.82) is 0 Å². The molecule has 2 fully saturated rings. The third kappa shape index (κ3) is 8.79. The van der Waals surface area contributed by atoms with Gasteiger partial charge in [0.15, 0.2) is 8.32 Å². The molecule has 5 rings (SSSR count). The molecule has 1 aliphatic heterocycles. The summed E-state index contributed by atoms with van der Waals surface area (Å²) in [5, 5.41) is 12.9. The number of piperidine rings is 1. The molecule has 0 aromatic heterocycles. The second-order valence-corrected chi connectivity index (χ2v) is 18.9. The molecule has 1 N–H and O–H groups in total. The third-order valence-electron chi connectivity index (χ3n) is 10.1. The van der Waals surface area contributed by atoms with Crippen molar-refractivity contribution in [1.82, 2.24) is 4.90 Å². The van der Waals surface area contributed by atoms with Crippen LogP contribution in [0.3, 0.4) is 0 Å². The third-order valence-corrected chi connectivity index (χ3v) is 11.1. The molecule has 5 nitrogen and oxygen atoms in total. The first kappa shape index (κ1) is 33.7. The van der Waals surface area contributed by atoms with Crippen molar-refractivity contribution in [2.75, 3.05) is 32.8 Å². The minimum absolute atomic E-state index is 0.0466. The van der Waals surface area contributed by atoms with Crippen LogP contribution in [0.15, 0.2) is 78.9 Å². The van der Waals surface area contributed by atoms with Crippen molar-refractivity contribution in [3.63, 3.8) is 0 Å². The number of likely N-dealkylation sites (tertiary alicyclic amines) is 1. The van der Waals surface area contributed by atoms with E-state index in [1.807, 2.05) is 30.3 Å². The fourth-order valence-electron chi connectivity index (χ4n) is 7.54. The van der Waals surface area contributed by atoms with Crippen LogP contribution >= 0.6 is 0 Å². The minimum atomic E-state index is -1.70. The smallest absolute Gasteiger partial charge is 0.183 e. The van der Waals surface area contributed by atoms with Crippen LogP contribution in [0.5, 0.6) is 11.5 Å². The van der Waals surface area contributed by atoms with Gasteiger partial charge in [-0.25, -0.2) is 0 Å². The lowest BCUT2D eigenvalue weighted by Gasteiger charge is -2.52. The van der Waals surface area contributed by atoms with E-state index in [4.69, 9.17) is 13.9 Å². The standard InChI is InChI=1S/C39H55NO4Si/c1-6-37-30(2)33(29-44-45(3,4)5)27-39(41,34-17-21-35(22-18-34)42-26-25-40-23-11-8-12-24-40)38(37)32-15-19-36(20-16-32)43-28-31-13-9-7-10-14-31/h7,9-10,13-22,30,33,37-38,41H,6,8,11-12,23-29H2,1-5H3. The molecular weight excluding hydrogens is 575 g/mol. The van der Waals surface area contributed by atoms with Crippen molar-refractivity contribution in [3.05, 3.63) is 95.6 Å². The average molecular weight is 630 g/mol. The molecular formula is C39H55NO4Si. The zero-order valence-corrected chi connectivity index (χ0v) is 29.2. The summed E-state index contributed by atoms with van der Waals surface area (Å²) >= 11 is 0. The average Bonchev–Trinajstić information content (AvgIpc) is 3.05. The predicted molar refractivity (Wildman–Crippen MR) is 186 cm³/mol. The minimum Gasteiger partial charge on any atom is -0.492 e. The topological polar surface area (TPSA) is 51.2 Å². The number of hydrogen-bond acceptors (Lipinski definition) is 5. The molecule has 0 bridgehead atoms. The van der Waals surface area contributed by atoms with Crippen LogP contribution in [0.25, 0.3) is 0 Å². The van der Waals surface area contributed by atoms with Crippen molar-refractivity contribution in [2.45, 2.75) is 83.7 Å². The molecule has 1 saturated carbocycles. The van der Waals surface area contributed by atoms with Crippen LogP contribution < -0.4 is 9.47 Å². The second kappa shape index (κ2) is 15.3. The molecule has 1 aliphatic carbocycles. The molecule has 0 spiro atoms. The molecule has 45 heavy (non-hydrogen) atoms. The Hall–Kier alpha value is -2.64. The van der Waals surface area contributed by atoms with Gasteiger partial charge in [0.05, 0.1) is 5.60 Å². The molecule has 244 valence electrons. The number of nitrogens with zero attached hydrogens (tertiary/aromatic N) is 1. The summed E-state index contributed by atoms with van der Waals surface area (Å²) in [7, 11) is -1.70. The summed E-state index contributed by atoms with van der Waals surface area (Å²) < 4.78 is 18.8. The van der Waals surface area contributed by atoms with Crippen LogP contribution in [0.2, 0.25) is 19.6 Å². The van der Waals surface area contributed by atoms with Gasteiger partial charge < -0.3 is 19.0 Å². The molecule has 2 aliphatic rings. The van der Waals surface area contributed by atoms with Crippen molar-refractivity contribution in [2.24, 2.45) is 17.8 Å². The summed E-state index contributed by atoms with van der Waals surface area (Å²) in [5.41, 5.74) is 2.24. The molecule has 3 aromatic carbocycles. The van der Waals surface area contributed by atoms with Crippen LogP contribution in [0, 0.1) is 17.8 Å². The van der Waals surface area contributed by atoms with Gasteiger partial charge in [0, 0.05) is 19.1 Å². The van der Waals surface area contributed by atoms with Crippen molar-refractivity contribution < 1.29 is 19.0 Å². The molecule has 3 aromatic rings. The number of rotatable bonds is 13. The summed E-state index contributed by atoms with van der Waals surface area (Å²) in [5.74, 6) is 2.66. The molecule has 5 atom stereocenters. The molecule has 1 heterocycles. The molecule has 0 radical (unpaired) electrons. The van der Waals surface area contributed by atoms with Crippen LogP contribution in [-0.2, 0) is 16.6 Å². The summed E-state index contributed by atoms with van der Waals surface area (Å²) in [4.78, 5) is 2.50. The number of benzene rings is 3. The fourth-order valence-corrected chi connectivity index (χ4v) is 8.26. The molecule has 0 amide bonds. The Morgan fingerprint density at radius 2 is 1.49 bits per heavy atom. The monoisotopic (exact) mass is 629 g/mol. The van der Waals surface area contributed by atoms with E-state index in [1.54, 1.807) is 0 Å². The largest absolute Gasteiger partial charge is 0.492 e. The van der Waals surface area contributed by atoms with Crippen molar-refractivity contribution >= 4 is 8.32 Å². The Balaban J connectivity index is 1.37. The number of aliphatic hydroxyl groups is 1. The maximum atomic E-state index is 12.9. The molecule has 1 saturated heterocycles. The SMILES string of the molecule is CCC1C(C)C(CO[Si](C)(C)C)CC(O)(c2ccc(OCCN3CCCCC3)cc2)C1c1ccc(OCc2ccccc2)cc1. The zero-order valence-electron chi connectivity index (χ0n) is 28.2. The van der Waals surface area contributed by atoms with Gasteiger partial charge in [-0.2, -0.15) is 0 Å². The maximum absolute atomic E-state index is 12.9. The van der Waals surface area contributed by atoms with Gasteiger partial charge in [-0.15, -0.1) is 0 Å². The van der Waals surface area contributed by atoms with Gasteiger partial charge in [0.25, 0.3) is 0 Å². The van der Waals surface area contributed by atoms with Gasteiger partial charge in [-0.05, 0) is 111 Å². The van der Waals surface area contributed by atoms with Gasteiger partial charge in [-0.3, -0.25) is 4.90 Å². The maximum Gasteiger partial charge on any atom is 0.183 e. The van der Waals surface area contributed by atoms with E-state index in [0.29, 0.717) is 38.1 Å². The fraction of sp³-hybridized carbons (Fsp3) is 0.538. The summed E-state index contributed by atoms with van der Waals surface area (Å²) in [6, 6.07) is 27.0. The van der Waals surface area contributed by atoms with E-state index in [0.717, 1.165) is 41.2 Å². The Labute approximate surface area is 273 Å². The van der Waals surface area contributed by atoms with Crippen LogP contribution in [0.4, 0.5) is 0 Å². The normalized spacial score (nSPS) is 26.0. The Morgan fingerprint density at radius 1 is 0.844 bits per heavy atom. The lowest BCUT2D eigenvalue weighted by atomic mass is 9.56. The quantitative estimate of drug-likeness (QED) is 0.192. The van der Waals surface area contributed by atoms with Gasteiger partial charge in [0.2, 0.25) is 0 Å². The van der Waals surface area contributed by atoms with E-state index in [1.165, 1.54) is 32.4 Å². The van der Waals surface area contributed by atoms with E-state index < -0.39 is 13.9 Å². The van der Waals surface area contributed by atoms with E-state index in [-0.39, 0.29) is 11.8 Å². The lowest BCUT2D eigenvalue weighted by molar-refractivity contribution is -0.0964. The Morgan fingerprint density at radius 3 is 2.13 bits per heavy atom.